The minimum absolute atomic E-state index is 0.0275. The lowest BCUT2D eigenvalue weighted by Gasteiger charge is -2.26. The van der Waals surface area contributed by atoms with E-state index in [2.05, 4.69) is 10.6 Å². The maximum absolute atomic E-state index is 12.8. The zero-order valence-electron chi connectivity index (χ0n) is 17.0. The lowest BCUT2D eigenvalue weighted by Crippen LogP contribution is -2.49. The zero-order chi connectivity index (χ0) is 22.6. The van der Waals surface area contributed by atoms with E-state index in [-0.39, 0.29) is 36.3 Å². The summed E-state index contributed by atoms with van der Waals surface area (Å²) in [6, 6.07) is 20.0. The molecule has 1 aromatic heterocycles. The van der Waals surface area contributed by atoms with Crippen LogP contribution >= 0.6 is 11.3 Å². The van der Waals surface area contributed by atoms with Crippen LogP contribution in [0.15, 0.2) is 77.7 Å². The molecule has 2 amide bonds. The van der Waals surface area contributed by atoms with Crippen LogP contribution in [0.25, 0.3) is 16.5 Å². The number of benzene rings is 2. The molecule has 164 valence electrons. The Balaban J connectivity index is 1.43. The summed E-state index contributed by atoms with van der Waals surface area (Å²) in [4.78, 5) is 26.0. The highest BCUT2D eigenvalue weighted by Gasteiger charge is 2.29. The van der Waals surface area contributed by atoms with E-state index in [9.17, 15) is 18.0 Å². The number of carbonyl (C=O) groups is 2. The molecule has 0 bridgehead atoms. The van der Waals surface area contributed by atoms with Gasteiger partial charge in [-0.2, -0.15) is 4.31 Å². The van der Waals surface area contributed by atoms with Crippen molar-refractivity contribution in [2.24, 2.45) is 0 Å². The fraction of sp³-hybridized carbons (Fsp3) is 0.130. The lowest BCUT2D eigenvalue weighted by atomic mass is 10.2. The Kier molecular flexibility index (Phi) is 6.50. The molecular weight excluding hydrogens is 446 g/mol. The summed E-state index contributed by atoms with van der Waals surface area (Å²) in [6.07, 6.45) is 3.14. The van der Waals surface area contributed by atoms with Crippen molar-refractivity contribution in [3.8, 4) is 10.4 Å². The third kappa shape index (κ3) is 5.13. The summed E-state index contributed by atoms with van der Waals surface area (Å²) < 4.78 is 26.8. The quantitative estimate of drug-likeness (QED) is 0.545. The monoisotopic (exact) mass is 467 g/mol. The average molecular weight is 468 g/mol. The lowest BCUT2D eigenvalue weighted by molar-refractivity contribution is -0.122. The molecule has 2 aromatic carbocycles. The van der Waals surface area contributed by atoms with E-state index in [1.165, 1.54) is 18.2 Å². The molecule has 7 nitrogen and oxygen atoms in total. The van der Waals surface area contributed by atoms with Crippen LogP contribution in [-0.2, 0) is 19.6 Å². The standard InChI is InChI=1S/C23H21N3O4S2/c27-22(12-10-19-9-11-21(31-19)17-5-2-1-3-6-17)25-18-7-4-8-20(15-18)32(29,30)26-14-13-24-23(28)16-26/h1-12,15H,13-14,16H2,(H,24,28)(H,25,27). The predicted molar refractivity (Wildman–Crippen MR) is 126 cm³/mol. The molecular formula is C23H21N3O4S2. The number of sulfonamides is 1. The molecule has 1 fully saturated rings. The Hall–Kier alpha value is -3.27. The summed E-state index contributed by atoms with van der Waals surface area (Å²) in [6.45, 7) is 0.264. The van der Waals surface area contributed by atoms with Crippen molar-refractivity contribution in [2.45, 2.75) is 4.90 Å². The summed E-state index contributed by atoms with van der Waals surface area (Å²) in [5.74, 6) is -0.704. The minimum Gasteiger partial charge on any atom is -0.354 e. The number of thiophene rings is 1. The van der Waals surface area contributed by atoms with Crippen molar-refractivity contribution >= 4 is 44.9 Å². The third-order valence-corrected chi connectivity index (χ3v) is 7.77. The van der Waals surface area contributed by atoms with E-state index in [0.717, 1.165) is 19.6 Å². The smallest absolute Gasteiger partial charge is 0.248 e. The zero-order valence-corrected chi connectivity index (χ0v) is 18.7. The Morgan fingerprint density at radius 3 is 2.66 bits per heavy atom. The SMILES string of the molecule is O=C(C=Cc1ccc(-c2ccccc2)s1)Nc1cccc(S(=O)(=O)N2CCNC(=O)C2)c1. The van der Waals surface area contributed by atoms with Gasteiger partial charge < -0.3 is 10.6 Å². The molecule has 0 saturated carbocycles. The molecule has 9 heteroatoms. The maximum atomic E-state index is 12.8. The van der Waals surface area contributed by atoms with Gasteiger partial charge in [0.25, 0.3) is 0 Å². The second kappa shape index (κ2) is 9.47. The van der Waals surface area contributed by atoms with E-state index in [4.69, 9.17) is 0 Å². The highest BCUT2D eigenvalue weighted by molar-refractivity contribution is 7.89. The van der Waals surface area contributed by atoms with Crippen molar-refractivity contribution in [1.82, 2.24) is 9.62 Å². The number of nitrogens with one attached hydrogen (secondary N) is 2. The molecule has 2 N–H and O–H groups in total. The number of anilines is 1. The number of rotatable bonds is 6. The van der Waals surface area contributed by atoms with Crippen LogP contribution in [-0.4, -0.2) is 44.2 Å². The van der Waals surface area contributed by atoms with Gasteiger partial charge in [-0.1, -0.05) is 36.4 Å². The Morgan fingerprint density at radius 1 is 1.06 bits per heavy atom. The summed E-state index contributed by atoms with van der Waals surface area (Å²) >= 11 is 1.57. The normalized spacial score (nSPS) is 14.9. The second-order valence-electron chi connectivity index (χ2n) is 7.11. The first-order valence-electron chi connectivity index (χ1n) is 9.93. The summed E-state index contributed by atoms with van der Waals surface area (Å²) in [5.41, 5.74) is 1.48. The van der Waals surface area contributed by atoms with Gasteiger partial charge in [0.1, 0.15) is 0 Å². The number of nitrogens with zero attached hydrogens (tertiary/aromatic N) is 1. The van der Waals surface area contributed by atoms with Gasteiger partial charge in [0.2, 0.25) is 21.8 Å². The number of carbonyl (C=O) groups excluding carboxylic acids is 2. The molecule has 0 spiro atoms. The van der Waals surface area contributed by atoms with E-state index in [1.54, 1.807) is 29.5 Å². The Morgan fingerprint density at radius 2 is 1.88 bits per heavy atom. The van der Waals surface area contributed by atoms with Crippen molar-refractivity contribution in [1.29, 1.82) is 0 Å². The van der Waals surface area contributed by atoms with E-state index < -0.39 is 10.0 Å². The highest BCUT2D eigenvalue weighted by Crippen LogP contribution is 2.28. The van der Waals surface area contributed by atoms with Crippen molar-refractivity contribution in [3.63, 3.8) is 0 Å². The molecule has 4 rings (SSSR count). The number of hydrogen-bond acceptors (Lipinski definition) is 5. The van der Waals surface area contributed by atoms with E-state index in [0.29, 0.717) is 5.69 Å². The number of hydrogen-bond donors (Lipinski definition) is 2. The van der Waals surface area contributed by atoms with Crippen LogP contribution in [0, 0.1) is 0 Å². The molecule has 3 aromatic rings. The first-order valence-corrected chi connectivity index (χ1v) is 12.2. The fourth-order valence-electron chi connectivity index (χ4n) is 3.25. The molecule has 32 heavy (non-hydrogen) atoms. The molecule has 0 unspecified atom stereocenters. The van der Waals surface area contributed by atoms with Gasteiger partial charge in [0.05, 0.1) is 11.4 Å². The molecule has 0 radical (unpaired) electrons. The van der Waals surface area contributed by atoms with Gasteiger partial charge in [-0.05, 0) is 42.0 Å². The van der Waals surface area contributed by atoms with Crippen molar-refractivity contribution in [3.05, 3.63) is 77.7 Å². The van der Waals surface area contributed by atoms with Gasteiger partial charge >= 0.3 is 0 Å². The Bertz CT molecular complexity index is 1270. The molecule has 2 heterocycles. The van der Waals surface area contributed by atoms with Gasteiger partial charge in [-0.3, -0.25) is 9.59 Å². The van der Waals surface area contributed by atoms with Crippen LogP contribution in [0.1, 0.15) is 4.88 Å². The van der Waals surface area contributed by atoms with Crippen molar-refractivity contribution in [2.75, 3.05) is 25.0 Å². The van der Waals surface area contributed by atoms with Gasteiger partial charge in [0.15, 0.2) is 0 Å². The molecule has 0 atom stereocenters. The Labute approximate surface area is 190 Å². The second-order valence-corrected chi connectivity index (χ2v) is 10.2. The molecule has 1 saturated heterocycles. The van der Waals surface area contributed by atoms with Gasteiger partial charge in [-0.25, -0.2) is 8.42 Å². The van der Waals surface area contributed by atoms with Crippen LogP contribution in [0.3, 0.4) is 0 Å². The van der Waals surface area contributed by atoms with E-state index >= 15 is 0 Å². The summed E-state index contributed by atoms with van der Waals surface area (Å²) in [7, 11) is -3.83. The van der Waals surface area contributed by atoms with Crippen LogP contribution in [0.4, 0.5) is 5.69 Å². The molecule has 0 aliphatic carbocycles. The largest absolute Gasteiger partial charge is 0.354 e. The number of amides is 2. The van der Waals surface area contributed by atoms with Crippen LogP contribution < -0.4 is 10.6 Å². The van der Waals surface area contributed by atoms with Gasteiger partial charge in [0, 0.05) is 34.6 Å². The van der Waals surface area contributed by atoms with E-state index in [1.807, 2.05) is 42.5 Å². The van der Waals surface area contributed by atoms with Gasteiger partial charge in [-0.15, -0.1) is 11.3 Å². The average Bonchev–Trinajstić information content (AvgIpc) is 3.28. The van der Waals surface area contributed by atoms with Crippen LogP contribution in [0.2, 0.25) is 0 Å². The third-order valence-electron chi connectivity index (χ3n) is 4.83. The number of piperazine rings is 1. The van der Waals surface area contributed by atoms with Crippen molar-refractivity contribution < 1.29 is 18.0 Å². The van der Waals surface area contributed by atoms with Crippen LogP contribution in [0.5, 0.6) is 0 Å². The topological polar surface area (TPSA) is 95.6 Å². The first-order chi connectivity index (χ1) is 15.4. The minimum atomic E-state index is -3.83. The fourth-order valence-corrected chi connectivity index (χ4v) is 5.60. The first kappa shape index (κ1) is 21.9. The highest BCUT2D eigenvalue weighted by atomic mass is 32.2. The summed E-state index contributed by atoms with van der Waals surface area (Å²) in [5, 5.41) is 5.29. The predicted octanol–water partition coefficient (Wildman–Crippen LogP) is 3.19. The maximum Gasteiger partial charge on any atom is 0.248 e. The molecule has 1 aliphatic rings. The molecule has 1 aliphatic heterocycles.